The van der Waals surface area contributed by atoms with Gasteiger partial charge in [-0.2, -0.15) is 0 Å². The fraction of sp³-hybridized carbons (Fsp3) is 0.0800. The number of hydrogen-bond acceptors (Lipinski definition) is 4. The molecule has 8 heteroatoms. The van der Waals surface area contributed by atoms with E-state index in [9.17, 15) is 19.8 Å². The number of nitrogens with zero attached hydrogens (tertiary/aromatic N) is 3. The van der Waals surface area contributed by atoms with Crippen LogP contribution in [0.4, 0.5) is 16.4 Å². The molecule has 3 aromatic carbocycles. The van der Waals surface area contributed by atoms with Gasteiger partial charge in [-0.1, -0.05) is 49.1 Å². The summed E-state index contributed by atoms with van der Waals surface area (Å²) in [5, 5.41) is 21.4. The zero-order chi connectivity index (χ0) is 23.3. The third-order valence-corrected chi connectivity index (χ3v) is 5.90. The molecule has 0 saturated heterocycles. The third kappa shape index (κ3) is 3.00. The van der Waals surface area contributed by atoms with Crippen molar-refractivity contribution in [1.29, 1.82) is 0 Å². The number of anilines is 2. The smallest absolute Gasteiger partial charge is 0.413 e. The number of aliphatic hydroxyl groups is 1. The first-order chi connectivity index (χ1) is 15.8. The predicted molar refractivity (Wildman–Crippen MR) is 125 cm³/mol. The summed E-state index contributed by atoms with van der Waals surface area (Å²) >= 11 is 0. The molecule has 0 saturated carbocycles. The minimum atomic E-state index is -1.79. The van der Waals surface area contributed by atoms with Crippen LogP contribution < -0.4 is 9.80 Å². The summed E-state index contributed by atoms with van der Waals surface area (Å²) in [6.07, 6.45) is 0.518. The summed E-state index contributed by atoms with van der Waals surface area (Å²) in [5.74, 6) is -0.176. The van der Waals surface area contributed by atoms with E-state index in [1.54, 1.807) is 66.7 Å². The quantitative estimate of drug-likeness (QED) is 0.441. The minimum absolute atomic E-state index is 0.153. The van der Waals surface area contributed by atoms with Gasteiger partial charge in [-0.15, -0.1) is 0 Å². The van der Waals surface area contributed by atoms with Crippen LogP contribution in [-0.4, -0.2) is 39.2 Å². The van der Waals surface area contributed by atoms with Crippen molar-refractivity contribution in [3.8, 4) is 0 Å². The molecule has 3 N–H and O–H groups in total. The topological polar surface area (TPSA) is 110 Å². The molecule has 1 unspecified atom stereocenters. The van der Waals surface area contributed by atoms with Gasteiger partial charge in [0.05, 0.1) is 11.0 Å². The Morgan fingerprint density at radius 3 is 2.70 bits per heavy atom. The van der Waals surface area contributed by atoms with Crippen LogP contribution in [0.15, 0.2) is 73.3 Å². The number of imidazole rings is 1. The van der Waals surface area contributed by atoms with Gasteiger partial charge in [0.2, 0.25) is 5.95 Å². The molecule has 1 aliphatic rings. The Morgan fingerprint density at radius 1 is 1.15 bits per heavy atom. The molecule has 0 aliphatic carbocycles. The summed E-state index contributed by atoms with van der Waals surface area (Å²) in [5.41, 5.74) is 1.90. The first-order valence-corrected chi connectivity index (χ1v) is 10.2. The number of rotatable bonds is 4. The largest absolute Gasteiger partial charge is 0.465 e. The van der Waals surface area contributed by atoms with Crippen molar-refractivity contribution in [2.24, 2.45) is 0 Å². The normalized spacial score (nSPS) is 17.3. The molecular weight excluding hydrogens is 420 g/mol. The van der Waals surface area contributed by atoms with Gasteiger partial charge in [0.25, 0.3) is 5.91 Å². The number of nitrogens with one attached hydrogen (secondary N) is 1. The number of aromatic amines is 1. The van der Waals surface area contributed by atoms with Crippen LogP contribution in [0.5, 0.6) is 0 Å². The van der Waals surface area contributed by atoms with E-state index in [1.807, 2.05) is 6.07 Å². The molecule has 8 nitrogen and oxygen atoms in total. The number of benzene rings is 3. The third-order valence-electron chi connectivity index (χ3n) is 5.90. The fourth-order valence-corrected chi connectivity index (χ4v) is 4.20. The molecular formula is C25H20N4O4. The lowest BCUT2D eigenvalue weighted by Crippen LogP contribution is -2.45. The molecule has 164 valence electrons. The van der Waals surface area contributed by atoms with Crippen molar-refractivity contribution in [2.75, 3.05) is 16.8 Å². The summed E-state index contributed by atoms with van der Waals surface area (Å²) in [6, 6.07) is 19.2. The van der Waals surface area contributed by atoms with E-state index in [-0.39, 0.29) is 11.9 Å². The van der Waals surface area contributed by atoms with E-state index in [0.29, 0.717) is 33.4 Å². The van der Waals surface area contributed by atoms with Crippen LogP contribution in [0.2, 0.25) is 0 Å². The second-order valence-electron chi connectivity index (χ2n) is 7.79. The lowest BCUT2D eigenvalue weighted by atomic mass is 9.93. The maximum atomic E-state index is 13.5. The highest BCUT2D eigenvalue weighted by Crippen LogP contribution is 2.45. The lowest BCUT2D eigenvalue weighted by molar-refractivity contribution is 0.0704. The molecule has 0 fully saturated rings. The van der Waals surface area contributed by atoms with E-state index in [4.69, 9.17) is 0 Å². The zero-order valence-electron chi connectivity index (χ0n) is 17.7. The summed E-state index contributed by atoms with van der Waals surface area (Å²) in [7, 11) is 1.38. The van der Waals surface area contributed by atoms with Gasteiger partial charge >= 0.3 is 6.09 Å². The second kappa shape index (κ2) is 7.32. The first kappa shape index (κ1) is 20.5. The number of H-pyrrole nitrogens is 1. The van der Waals surface area contributed by atoms with Crippen LogP contribution in [0.1, 0.15) is 27.0 Å². The lowest BCUT2D eigenvalue weighted by Gasteiger charge is -2.35. The van der Waals surface area contributed by atoms with Gasteiger partial charge in [0.15, 0.2) is 5.72 Å². The minimum Gasteiger partial charge on any atom is -0.465 e. The van der Waals surface area contributed by atoms with E-state index in [2.05, 4.69) is 16.5 Å². The highest BCUT2D eigenvalue weighted by Gasteiger charge is 2.50. The standard InChI is InChI=1S/C25H20N4O4/c1-3-15-7-6-8-17(13-15)29-22(30)18-9-4-5-10-19(18)25(29,33)16-11-12-20-21(14-16)27-23(26-20)28(2)24(31)32/h3-14,33H,1H2,2H3,(H,26,27)(H,31,32). The van der Waals surface area contributed by atoms with Crippen molar-refractivity contribution < 1.29 is 19.8 Å². The molecule has 0 spiro atoms. The average molecular weight is 440 g/mol. The van der Waals surface area contributed by atoms with E-state index >= 15 is 0 Å². The number of carbonyl (C=O) groups is 2. The zero-order valence-corrected chi connectivity index (χ0v) is 17.7. The van der Waals surface area contributed by atoms with Crippen molar-refractivity contribution >= 4 is 40.7 Å². The summed E-state index contributed by atoms with van der Waals surface area (Å²) in [4.78, 5) is 34.4. The Hall–Kier alpha value is -4.43. The molecule has 33 heavy (non-hydrogen) atoms. The van der Waals surface area contributed by atoms with Gasteiger partial charge in [-0.05, 0) is 35.9 Å². The van der Waals surface area contributed by atoms with Crippen LogP contribution in [0.3, 0.4) is 0 Å². The molecule has 5 rings (SSSR count). The number of aromatic nitrogens is 2. The van der Waals surface area contributed by atoms with Crippen molar-refractivity contribution in [1.82, 2.24) is 9.97 Å². The molecule has 0 radical (unpaired) electrons. The van der Waals surface area contributed by atoms with Crippen molar-refractivity contribution in [3.05, 3.63) is 95.6 Å². The van der Waals surface area contributed by atoms with Crippen LogP contribution in [-0.2, 0) is 5.72 Å². The summed E-state index contributed by atoms with van der Waals surface area (Å²) in [6.45, 7) is 3.79. The van der Waals surface area contributed by atoms with E-state index < -0.39 is 11.8 Å². The van der Waals surface area contributed by atoms with Gasteiger partial charge in [0, 0.05) is 29.4 Å². The Kier molecular flexibility index (Phi) is 4.54. The maximum Gasteiger partial charge on any atom is 0.413 e. The fourth-order valence-electron chi connectivity index (χ4n) is 4.20. The highest BCUT2D eigenvalue weighted by molar-refractivity contribution is 6.12. The van der Waals surface area contributed by atoms with Crippen molar-refractivity contribution in [3.63, 3.8) is 0 Å². The Balaban J connectivity index is 1.72. The monoisotopic (exact) mass is 440 g/mol. The number of carbonyl (C=O) groups excluding carboxylic acids is 1. The number of fused-ring (bicyclic) bond motifs is 2. The van der Waals surface area contributed by atoms with Crippen LogP contribution in [0.25, 0.3) is 17.1 Å². The molecule has 1 aliphatic heterocycles. The van der Waals surface area contributed by atoms with Gasteiger partial charge < -0.3 is 15.2 Å². The Morgan fingerprint density at radius 2 is 1.94 bits per heavy atom. The molecule has 4 aromatic rings. The molecule has 2 amide bonds. The SMILES string of the molecule is C=Cc1cccc(N2C(=O)c3ccccc3C2(O)c2ccc3nc(N(C)C(=O)O)[nH]c3c2)c1. The van der Waals surface area contributed by atoms with Gasteiger partial charge in [0.1, 0.15) is 0 Å². The van der Waals surface area contributed by atoms with Crippen LogP contribution in [0, 0.1) is 0 Å². The van der Waals surface area contributed by atoms with Gasteiger partial charge in [-0.25, -0.2) is 9.78 Å². The number of hydrogen-bond donors (Lipinski definition) is 3. The van der Waals surface area contributed by atoms with E-state index in [1.165, 1.54) is 11.9 Å². The van der Waals surface area contributed by atoms with Crippen molar-refractivity contribution in [2.45, 2.75) is 5.72 Å². The second-order valence-corrected chi connectivity index (χ2v) is 7.79. The molecule has 0 bridgehead atoms. The van der Waals surface area contributed by atoms with Gasteiger partial charge in [-0.3, -0.25) is 14.6 Å². The van der Waals surface area contributed by atoms with Crippen LogP contribution >= 0.6 is 0 Å². The maximum absolute atomic E-state index is 13.5. The van der Waals surface area contributed by atoms with E-state index in [0.717, 1.165) is 10.5 Å². The molecule has 1 aromatic heterocycles. The Labute approximate surface area is 189 Å². The predicted octanol–water partition coefficient (Wildman–Crippen LogP) is 4.17. The summed E-state index contributed by atoms with van der Waals surface area (Å²) < 4.78 is 0. The molecule has 2 heterocycles. The molecule has 1 atom stereocenters. The number of carboxylic acid groups (broad SMARTS) is 1. The number of amides is 2. The highest BCUT2D eigenvalue weighted by atomic mass is 16.4. The first-order valence-electron chi connectivity index (χ1n) is 10.2. The Bertz CT molecular complexity index is 1440. The average Bonchev–Trinajstić information content (AvgIpc) is 3.36.